The van der Waals surface area contributed by atoms with Crippen molar-refractivity contribution >= 4 is 5.91 Å². The van der Waals surface area contributed by atoms with E-state index in [2.05, 4.69) is 22.5 Å². The third-order valence-corrected chi connectivity index (χ3v) is 4.78. The van der Waals surface area contributed by atoms with Crippen molar-refractivity contribution in [3.8, 4) is 0 Å². The molecule has 0 aromatic rings. The Morgan fingerprint density at radius 2 is 2.15 bits per heavy atom. The minimum Gasteiger partial charge on any atom is -0.355 e. The first kappa shape index (κ1) is 15.8. The number of nitrogens with zero attached hydrogens (tertiary/aromatic N) is 1. The Morgan fingerprint density at radius 3 is 2.95 bits per heavy atom. The predicted octanol–water partition coefficient (Wildman–Crippen LogP) is 1.90. The first-order valence-electron chi connectivity index (χ1n) is 8.48. The molecular formula is C16H31N3O. The Hall–Kier alpha value is -0.610. The van der Waals surface area contributed by atoms with E-state index in [4.69, 9.17) is 0 Å². The molecule has 3 atom stereocenters. The molecule has 116 valence electrons. The van der Waals surface area contributed by atoms with E-state index in [-0.39, 0.29) is 11.9 Å². The van der Waals surface area contributed by atoms with Crippen LogP contribution in [-0.2, 0) is 4.79 Å². The van der Waals surface area contributed by atoms with Crippen molar-refractivity contribution in [1.29, 1.82) is 0 Å². The number of unbranched alkanes of at least 4 members (excludes halogenated alkanes) is 2. The van der Waals surface area contributed by atoms with E-state index in [9.17, 15) is 4.79 Å². The summed E-state index contributed by atoms with van der Waals surface area (Å²) in [6.45, 7) is 7.48. The van der Waals surface area contributed by atoms with Crippen LogP contribution < -0.4 is 10.6 Å². The lowest BCUT2D eigenvalue weighted by Crippen LogP contribution is -2.52. The van der Waals surface area contributed by atoms with Crippen LogP contribution in [0.25, 0.3) is 0 Å². The SMILES string of the molecule is CCCCCNC(=O)C(C)NC1CCN2CCCC2C1. The topological polar surface area (TPSA) is 44.4 Å². The number of hydrogen-bond acceptors (Lipinski definition) is 3. The first-order chi connectivity index (χ1) is 9.70. The van der Waals surface area contributed by atoms with Crippen LogP contribution in [0.4, 0.5) is 0 Å². The van der Waals surface area contributed by atoms with Gasteiger partial charge in [-0.2, -0.15) is 0 Å². The van der Waals surface area contributed by atoms with Crippen molar-refractivity contribution in [2.75, 3.05) is 19.6 Å². The van der Waals surface area contributed by atoms with Crippen molar-refractivity contribution in [1.82, 2.24) is 15.5 Å². The van der Waals surface area contributed by atoms with Gasteiger partial charge in [0.2, 0.25) is 5.91 Å². The zero-order chi connectivity index (χ0) is 14.4. The standard InChI is InChI=1S/C16H31N3O/c1-3-4-5-9-17-16(20)13(2)18-14-8-11-19-10-6-7-15(19)12-14/h13-15,18H,3-12H2,1-2H3,(H,17,20). The molecule has 2 fully saturated rings. The molecule has 2 saturated heterocycles. The Bertz CT molecular complexity index is 308. The summed E-state index contributed by atoms with van der Waals surface area (Å²) in [5.74, 6) is 0.162. The molecule has 2 aliphatic rings. The smallest absolute Gasteiger partial charge is 0.236 e. The lowest BCUT2D eigenvalue weighted by atomic mass is 9.97. The van der Waals surface area contributed by atoms with Gasteiger partial charge in [0.05, 0.1) is 6.04 Å². The van der Waals surface area contributed by atoms with Crippen LogP contribution in [0.15, 0.2) is 0 Å². The second-order valence-corrected chi connectivity index (χ2v) is 6.44. The highest BCUT2D eigenvalue weighted by Gasteiger charge is 2.32. The van der Waals surface area contributed by atoms with Gasteiger partial charge in [-0.1, -0.05) is 19.8 Å². The normalized spacial score (nSPS) is 28.1. The molecular weight excluding hydrogens is 250 g/mol. The minimum absolute atomic E-state index is 0.0606. The van der Waals surface area contributed by atoms with Crippen LogP contribution in [0.2, 0.25) is 0 Å². The van der Waals surface area contributed by atoms with Gasteiger partial charge in [-0.05, 0) is 52.1 Å². The van der Waals surface area contributed by atoms with E-state index in [0.717, 1.165) is 19.0 Å². The fraction of sp³-hybridized carbons (Fsp3) is 0.938. The van der Waals surface area contributed by atoms with Gasteiger partial charge in [0.25, 0.3) is 0 Å². The van der Waals surface area contributed by atoms with E-state index >= 15 is 0 Å². The van der Waals surface area contributed by atoms with Gasteiger partial charge >= 0.3 is 0 Å². The highest BCUT2D eigenvalue weighted by atomic mass is 16.2. The fourth-order valence-electron chi connectivity index (χ4n) is 3.54. The number of nitrogens with one attached hydrogen (secondary N) is 2. The van der Waals surface area contributed by atoms with Crippen LogP contribution in [0.5, 0.6) is 0 Å². The molecule has 20 heavy (non-hydrogen) atoms. The minimum atomic E-state index is -0.0606. The monoisotopic (exact) mass is 281 g/mol. The molecule has 3 unspecified atom stereocenters. The second-order valence-electron chi connectivity index (χ2n) is 6.44. The zero-order valence-electron chi connectivity index (χ0n) is 13.2. The average molecular weight is 281 g/mol. The van der Waals surface area contributed by atoms with Gasteiger partial charge in [0, 0.05) is 18.6 Å². The fourth-order valence-corrected chi connectivity index (χ4v) is 3.54. The van der Waals surface area contributed by atoms with Gasteiger partial charge in [-0.3, -0.25) is 4.79 Å². The molecule has 0 saturated carbocycles. The summed E-state index contributed by atoms with van der Waals surface area (Å²) in [7, 11) is 0. The molecule has 2 N–H and O–H groups in total. The summed E-state index contributed by atoms with van der Waals surface area (Å²) >= 11 is 0. The van der Waals surface area contributed by atoms with E-state index in [0.29, 0.717) is 6.04 Å². The third-order valence-electron chi connectivity index (χ3n) is 4.78. The van der Waals surface area contributed by atoms with Crippen LogP contribution >= 0.6 is 0 Å². The summed E-state index contributed by atoms with van der Waals surface area (Å²) in [5, 5.41) is 6.57. The maximum atomic E-state index is 12.0. The summed E-state index contributed by atoms with van der Waals surface area (Å²) in [6, 6.07) is 1.22. The summed E-state index contributed by atoms with van der Waals surface area (Å²) in [4.78, 5) is 14.6. The number of carbonyl (C=O) groups is 1. The molecule has 0 radical (unpaired) electrons. The van der Waals surface area contributed by atoms with E-state index in [1.165, 1.54) is 51.6 Å². The molecule has 0 bridgehead atoms. The first-order valence-corrected chi connectivity index (χ1v) is 8.48. The molecule has 0 aromatic carbocycles. The molecule has 4 nitrogen and oxygen atoms in total. The van der Waals surface area contributed by atoms with E-state index < -0.39 is 0 Å². The van der Waals surface area contributed by atoms with Gasteiger partial charge in [-0.15, -0.1) is 0 Å². The maximum absolute atomic E-state index is 12.0. The molecule has 2 aliphatic heterocycles. The summed E-state index contributed by atoms with van der Waals surface area (Å²) in [6.07, 6.45) is 8.58. The number of hydrogen-bond donors (Lipinski definition) is 2. The Labute approximate surface area is 123 Å². The van der Waals surface area contributed by atoms with Crippen LogP contribution in [-0.4, -0.2) is 48.6 Å². The Balaban J connectivity index is 1.65. The lowest BCUT2D eigenvalue weighted by molar-refractivity contribution is -0.123. The Morgan fingerprint density at radius 1 is 1.30 bits per heavy atom. The van der Waals surface area contributed by atoms with E-state index in [1.807, 2.05) is 6.92 Å². The molecule has 2 rings (SSSR count). The van der Waals surface area contributed by atoms with Crippen molar-refractivity contribution in [2.24, 2.45) is 0 Å². The summed E-state index contributed by atoms with van der Waals surface area (Å²) < 4.78 is 0. The van der Waals surface area contributed by atoms with Crippen molar-refractivity contribution in [2.45, 2.75) is 76.9 Å². The van der Waals surface area contributed by atoms with Gasteiger partial charge in [-0.25, -0.2) is 0 Å². The van der Waals surface area contributed by atoms with Gasteiger partial charge < -0.3 is 15.5 Å². The average Bonchev–Trinajstić information content (AvgIpc) is 2.90. The summed E-state index contributed by atoms with van der Waals surface area (Å²) in [5.41, 5.74) is 0. The number of carbonyl (C=O) groups excluding carboxylic acids is 1. The van der Waals surface area contributed by atoms with Crippen molar-refractivity contribution in [3.05, 3.63) is 0 Å². The zero-order valence-corrected chi connectivity index (χ0v) is 13.2. The Kier molecular flexibility index (Phi) is 6.30. The molecule has 1 amide bonds. The molecule has 0 aliphatic carbocycles. The van der Waals surface area contributed by atoms with Gasteiger partial charge in [0.15, 0.2) is 0 Å². The molecule has 0 spiro atoms. The number of fused-ring (bicyclic) bond motifs is 1. The quantitative estimate of drug-likeness (QED) is 0.701. The lowest BCUT2D eigenvalue weighted by Gasteiger charge is -2.36. The van der Waals surface area contributed by atoms with Crippen molar-refractivity contribution in [3.63, 3.8) is 0 Å². The third kappa shape index (κ3) is 4.45. The van der Waals surface area contributed by atoms with Crippen LogP contribution in [0, 0.1) is 0 Å². The number of piperidine rings is 1. The van der Waals surface area contributed by atoms with E-state index in [1.54, 1.807) is 0 Å². The largest absolute Gasteiger partial charge is 0.355 e. The number of amides is 1. The second kappa shape index (κ2) is 7.99. The molecule has 4 heteroatoms. The predicted molar refractivity (Wildman–Crippen MR) is 82.7 cm³/mol. The molecule has 0 aromatic heterocycles. The van der Waals surface area contributed by atoms with Crippen LogP contribution in [0.3, 0.4) is 0 Å². The van der Waals surface area contributed by atoms with Crippen molar-refractivity contribution < 1.29 is 4.79 Å². The van der Waals surface area contributed by atoms with Crippen LogP contribution in [0.1, 0.15) is 58.8 Å². The highest BCUT2D eigenvalue weighted by Crippen LogP contribution is 2.26. The maximum Gasteiger partial charge on any atom is 0.236 e. The number of rotatable bonds is 7. The van der Waals surface area contributed by atoms with Gasteiger partial charge in [0.1, 0.15) is 0 Å². The molecule has 2 heterocycles. The highest BCUT2D eigenvalue weighted by molar-refractivity contribution is 5.81.